The number of carboxylic acids is 1. The summed E-state index contributed by atoms with van der Waals surface area (Å²) in [5.41, 5.74) is -1.83. The minimum absolute atomic E-state index is 0.00949. The molecular formula is C12H15FN2O4. The van der Waals surface area contributed by atoms with Crippen LogP contribution in [0.3, 0.4) is 0 Å². The highest BCUT2D eigenvalue weighted by molar-refractivity contribution is 5.83. The van der Waals surface area contributed by atoms with Crippen molar-refractivity contribution in [2.24, 2.45) is 0 Å². The Balaban J connectivity index is 3.16. The molecule has 0 saturated carbocycles. The van der Waals surface area contributed by atoms with E-state index in [0.29, 0.717) is 6.42 Å². The number of hydrogen-bond donors (Lipinski definition) is 2. The SMILES string of the molecule is CCCC(C)(Nc1ccc(F)cc1[N+](=O)[O-])C(=O)O. The van der Waals surface area contributed by atoms with Crippen molar-refractivity contribution in [3.05, 3.63) is 34.1 Å². The number of carbonyl (C=O) groups is 1. The third-order valence-electron chi connectivity index (χ3n) is 2.79. The van der Waals surface area contributed by atoms with Gasteiger partial charge < -0.3 is 10.4 Å². The van der Waals surface area contributed by atoms with Gasteiger partial charge in [-0.05, 0) is 25.5 Å². The van der Waals surface area contributed by atoms with Gasteiger partial charge in [0.05, 0.1) is 11.0 Å². The second-order valence-electron chi connectivity index (χ2n) is 4.43. The van der Waals surface area contributed by atoms with Gasteiger partial charge in [-0.15, -0.1) is 0 Å². The maximum Gasteiger partial charge on any atom is 0.329 e. The third kappa shape index (κ3) is 3.40. The molecule has 1 unspecified atom stereocenters. The highest BCUT2D eigenvalue weighted by Gasteiger charge is 2.34. The van der Waals surface area contributed by atoms with Gasteiger partial charge in [-0.25, -0.2) is 9.18 Å². The van der Waals surface area contributed by atoms with Crippen molar-refractivity contribution < 1.29 is 19.2 Å². The minimum Gasteiger partial charge on any atom is -0.480 e. The molecule has 2 N–H and O–H groups in total. The van der Waals surface area contributed by atoms with Crippen molar-refractivity contribution in [3.63, 3.8) is 0 Å². The second-order valence-corrected chi connectivity index (χ2v) is 4.43. The van der Waals surface area contributed by atoms with Crippen LogP contribution in [0, 0.1) is 15.9 Å². The number of nitrogens with zero attached hydrogens (tertiary/aromatic N) is 1. The van der Waals surface area contributed by atoms with Gasteiger partial charge in [-0.2, -0.15) is 0 Å². The molecular weight excluding hydrogens is 255 g/mol. The molecule has 0 bridgehead atoms. The molecule has 0 aliphatic rings. The molecule has 6 nitrogen and oxygen atoms in total. The van der Waals surface area contributed by atoms with Gasteiger partial charge in [0, 0.05) is 0 Å². The summed E-state index contributed by atoms with van der Waals surface area (Å²) in [5, 5.41) is 22.7. The Kier molecular flexibility index (Phi) is 4.42. The molecule has 0 fully saturated rings. The highest BCUT2D eigenvalue weighted by Crippen LogP contribution is 2.29. The average molecular weight is 270 g/mol. The number of nitro benzene ring substituents is 1. The fourth-order valence-corrected chi connectivity index (χ4v) is 1.78. The predicted molar refractivity (Wildman–Crippen MR) is 67.6 cm³/mol. The normalized spacial score (nSPS) is 13.6. The zero-order chi connectivity index (χ0) is 14.6. The number of carboxylic acid groups (broad SMARTS) is 1. The summed E-state index contributed by atoms with van der Waals surface area (Å²) < 4.78 is 13.0. The van der Waals surface area contributed by atoms with E-state index >= 15 is 0 Å². The van der Waals surface area contributed by atoms with Crippen LogP contribution < -0.4 is 5.32 Å². The van der Waals surface area contributed by atoms with Gasteiger partial charge in [0.2, 0.25) is 0 Å². The van der Waals surface area contributed by atoms with Gasteiger partial charge in [-0.1, -0.05) is 13.3 Å². The fraction of sp³-hybridized carbons (Fsp3) is 0.417. The van der Waals surface area contributed by atoms with Crippen LogP contribution in [0.2, 0.25) is 0 Å². The lowest BCUT2D eigenvalue weighted by Crippen LogP contribution is -2.43. The van der Waals surface area contributed by atoms with Crippen molar-refractivity contribution >= 4 is 17.3 Å². The van der Waals surface area contributed by atoms with Crippen molar-refractivity contribution in [1.29, 1.82) is 0 Å². The van der Waals surface area contributed by atoms with Crippen molar-refractivity contribution in [1.82, 2.24) is 0 Å². The summed E-state index contributed by atoms with van der Waals surface area (Å²) in [6, 6.07) is 2.98. The molecule has 7 heteroatoms. The van der Waals surface area contributed by atoms with Gasteiger partial charge in [0.1, 0.15) is 17.0 Å². The zero-order valence-corrected chi connectivity index (χ0v) is 10.6. The van der Waals surface area contributed by atoms with E-state index < -0.39 is 27.9 Å². The second kappa shape index (κ2) is 5.64. The summed E-state index contributed by atoms with van der Waals surface area (Å²) in [5.74, 6) is -1.86. The number of rotatable bonds is 6. The van der Waals surface area contributed by atoms with Crippen LogP contribution in [0.1, 0.15) is 26.7 Å². The molecule has 1 rings (SSSR count). The monoisotopic (exact) mass is 270 g/mol. The molecule has 0 amide bonds. The maximum absolute atomic E-state index is 13.0. The topological polar surface area (TPSA) is 92.5 Å². The first kappa shape index (κ1) is 14.9. The third-order valence-corrected chi connectivity index (χ3v) is 2.79. The van der Waals surface area contributed by atoms with Crippen LogP contribution in [0.4, 0.5) is 15.8 Å². The molecule has 19 heavy (non-hydrogen) atoms. The molecule has 104 valence electrons. The van der Waals surface area contributed by atoms with Crippen molar-refractivity contribution in [3.8, 4) is 0 Å². The number of nitro groups is 1. The summed E-state index contributed by atoms with van der Waals surface area (Å²) >= 11 is 0. The fourth-order valence-electron chi connectivity index (χ4n) is 1.78. The minimum atomic E-state index is -1.34. The summed E-state index contributed by atoms with van der Waals surface area (Å²) in [7, 11) is 0. The number of nitrogens with one attached hydrogen (secondary N) is 1. The van der Waals surface area contributed by atoms with E-state index in [0.717, 1.165) is 12.1 Å². The van der Waals surface area contributed by atoms with Crippen LogP contribution in [-0.4, -0.2) is 21.5 Å². The van der Waals surface area contributed by atoms with E-state index in [1.54, 1.807) is 0 Å². The molecule has 0 aliphatic heterocycles. The smallest absolute Gasteiger partial charge is 0.329 e. The first-order chi connectivity index (χ1) is 8.80. The molecule has 0 heterocycles. The van der Waals surface area contributed by atoms with Gasteiger partial charge in [0.15, 0.2) is 0 Å². The van der Waals surface area contributed by atoms with Crippen LogP contribution in [0.15, 0.2) is 18.2 Å². The quantitative estimate of drug-likeness (QED) is 0.612. The van der Waals surface area contributed by atoms with Crippen LogP contribution in [-0.2, 0) is 4.79 Å². The van der Waals surface area contributed by atoms with E-state index in [2.05, 4.69) is 5.32 Å². The molecule has 0 radical (unpaired) electrons. The molecule has 0 aromatic heterocycles. The lowest BCUT2D eigenvalue weighted by atomic mass is 9.95. The number of aliphatic carboxylic acids is 1. The van der Waals surface area contributed by atoms with Gasteiger partial charge in [0.25, 0.3) is 5.69 Å². The van der Waals surface area contributed by atoms with E-state index in [1.807, 2.05) is 6.92 Å². The lowest BCUT2D eigenvalue weighted by molar-refractivity contribution is -0.384. The van der Waals surface area contributed by atoms with E-state index in [9.17, 15) is 24.4 Å². The first-order valence-corrected chi connectivity index (χ1v) is 5.75. The summed E-state index contributed by atoms with van der Waals surface area (Å²) in [4.78, 5) is 21.3. The van der Waals surface area contributed by atoms with E-state index in [4.69, 9.17) is 0 Å². The van der Waals surface area contributed by atoms with Crippen LogP contribution in [0.25, 0.3) is 0 Å². The van der Waals surface area contributed by atoms with Crippen molar-refractivity contribution in [2.45, 2.75) is 32.2 Å². The Labute approximate surface area is 109 Å². The van der Waals surface area contributed by atoms with Crippen molar-refractivity contribution in [2.75, 3.05) is 5.32 Å². The van der Waals surface area contributed by atoms with E-state index in [-0.39, 0.29) is 12.1 Å². The van der Waals surface area contributed by atoms with Crippen LogP contribution >= 0.6 is 0 Å². The maximum atomic E-state index is 13.0. The Hall–Kier alpha value is -2.18. The number of hydrogen-bond acceptors (Lipinski definition) is 4. The Morgan fingerprint density at radius 3 is 2.68 bits per heavy atom. The standard InChI is InChI=1S/C12H15FN2O4/c1-3-6-12(2,11(16)17)14-9-5-4-8(13)7-10(9)15(18)19/h4-5,7,14H,3,6H2,1-2H3,(H,16,17). The van der Waals surface area contributed by atoms with Gasteiger partial charge >= 0.3 is 5.97 Å². The number of benzene rings is 1. The number of anilines is 1. The highest BCUT2D eigenvalue weighted by atomic mass is 19.1. The first-order valence-electron chi connectivity index (χ1n) is 5.75. The zero-order valence-electron chi connectivity index (χ0n) is 10.6. The van der Waals surface area contributed by atoms with Gasteiger partial charge in [-0.3, -0.25) is 10.1 Å². The van der Waals surface area contributed by atoms with E-state index in [1.165, 1.54) is 13.0 Å². The predicted octanol–water partition coefficient (Wildman–Crippen LogP) is 2.79. The summed E-state index contributed by atoms with van der Waals surface area (Å²) in [6.07, 6.45) is 0.877. The Morgan fingerprint density at radius 2 is 2.21 bits per heavy atom. The molecule has 1 aromatic rings. The average Bonchev–Trinajstić information content (AvgIpc) is 2.31. The largest absolute Gasteiger partial charge is 0.480 e. The number of halogens is 1. The molecule has 0 spiro atoms. The Bertz CT molecular complexity index is 507. The molecule has 0 saturated heterocycles. The molecule has 0 aliphatic carbocycles. The molecule has 1 atom stereocenters. The molecule has 1 aromatic carbocycles. The van der Waals surface area contributed by atoms with Crippen LogP contribution in [0.5, 0.6) is 0 Å². The Morgan fingerprint density at radius 1 is 1.58 bits per heavy atom. The lowest BCUT2D eigenvalue weighted by Gasteiger charge is -2.26. The summed E-state index contributed by atoms with van der Waals surface area (Å²) in [6.45, 7) is 3.24.